The van der Waals surface area contributed by atoms with Gasteiger partial charge in [0.2, 0.25) is 0 Å². The minimum atomic E-state index is -0.148. The van der Waals surface area contributed by atoms with Crippen LogP contribution in [0.1, 0.15) is 23.0 Å². The Bertz CT molecular complexity index is 795. The Balaban J connectivity index is 1.52. The quantitative estimate of drug-likeness (QED) is 0.838. The molecule has 1 aliphatic heterocycles. The summed E-state index contributed by atoms with van der Waals surface area (Å²) in [7, 11) is 0. The molecule has 2 aromatic rings. The number of ether oxygens (including phenoxy) is 1. The maximum Gasteiger partial charge on any atom is 0.253 e. The zero-order chi connectivity index (χ0) is 18.4. The van der Waals surface area contributed by atoms with Crippen LogP contribution in [0.5, 0.6) is 0 Å². The Morgan fingerprint density at radius 2 is 1.96 bits per heavy atom. The maximum absolute atomic E-state index is 12.3. The van der Waals surface area contributed by atoms with Crippen LogP contribution in [0.25, 0.3) is 0 Å². The van der Waals surface area contributed by atoms with E-state index in [1.54, 1.807) is 0 Å². The second kappa shape index (κ2) is 8.62. The average molecular weight is 356 g/mol. The zero-order valence-corrected chi connectivity index (χ0v) is 15.0. The molecule has 0 saturated carbocycles. The van der Waals surface area contributed by atoms with Gasteiger partial charge in [0.1, 0.15) is 0 Å². The molecule has 1 amide bonds. The van der Waals surface area contributed by atoms with Gasteiger partial charge in [-0.15, -0.1) is 0 Å². The van der Waals surface area contributed by atoms with Crippen molar-refractivity contribution >= 4 is 11.6 Å². The molecule has 0 unspecified atom stereocenters. The number of carbonyl (C=O) groups excluding carboxylic acids is 1. The normalized spacial score (nSPS) is 14.3. The van der Waals surface area contributed by atoms with Gasteiger partial charge in [-0.05, 0) is 30.7 Å². The molecule has 7 nitrogen and oxygen atoms in total. The lowest BCUT2D eigenvalue weighted by Crippen LogP contribution is -2.36. The molecule has 0 radical (unpaired) electrons. The molecule has 26 heavy (non-hydrogen) atoms. The van der Waals surface area contributed by atoms with Crippen LogP contribution in [0.2, 0.25) is 0 Å². The van der Waals surface area contributed by atoms with E-state index in [4.69, 9.17) is 4.74 Å². The van der Waals surface area contributed by atoms with Gasteiger partial charge in [-0.2, -0.15) is 0 Å². The van der Waals surface area contributed by atoms with Crippen LogP contribution in [0, 0.1) is 0 Å². The van der Waals surface area contributed by atoms with Crippen LogP contribution in [-0.2, 0) is 17.7 Å². The highest BCUT2D eigenvalue weighted by atomic mass is 16.5. The first kappa shape index (κ1) is 18.1. The molecule has 0 atom stereocenters. The molecule has 0 spiro atoms. The molecular formula is C19H24N4O3. The number of hydrogen-bond donors (Lipinski definition) is 1. The molecule has 0 bridgehead atoms. The molecule has 1 aromatic carbocycles. The first-order valence-corrected chi connectivity index (χ1v) is 8.93. The fourth-order valence-electron chi connectivity index (χ4n) is 2.86. The van der Waals surface area contributed by atoms with Crippen molar-refractivity contribution in [1.29, 1.82) is 0 Å². The maximum atomic E-state index is 12.3. The highest BCUT2D eigenvalue weighted by molar-refractivity contribution is 5.94. The smallest absolute Gasteiger partial charge is 0.253 e. The highest BCUT2D eigenvalue weighted by Crippen LogP contribution is 2.16. The summed E-state index contributed by atoms with van der Waals surface area (Å²) in [5.41, 5.74) is 2.38. The number of benzene rings is 1. The van der Waals surface area contributed by atoms with E-state index in [1.165, 1.54) is 17.0 Å². The summed E-state index contributed by atoms with van der Waals surface area (Å²) >= 11 is 0. The molecule has 1 aromatic heterocycles. The number of hydrogen-bond acceptors (Lipinski definition) is 5. The Labute approximate surface area is 152 Å². The standard InChI is InChI=1S/C19H24N4O3/c1-2-16-13-18(24)23(14-21-16)8-7-20-19(25)15-3-5-17(6-4-15)22-9-11-26-12-10-22/h3-6,13-14H,2,7-12H2,1H3,(H,20,25). The number of nitrogens with zero attached hydrogens (tertiary/aromatic N) is 3. The summed E-state index contributed by atoms with van der Waals surface area (Å²) < 4.78 is 6.85. The van der Waals surface area contributed by atoms with Gasteiger partial charge in [-0.1, -0.05) is 6.92 Å². The van der Waals surface area contributed by atoms with Gasteiger partial charge in [0, 0.05) is 49.2 Å². The van der Waals surface area contributed by atoms with E-state index in [2.05, 4.69) is 15.2 Å². The first-order valence-electron chi connectivity index (χ1n) is 8.93. The molecule has 0 aliphatic carbocycles. The number of aromatic nitrogens is 2. The molecule has 1 aliphatic rings. The van der Waals surface area contributed by atoms with Crippen LogP contribution in [-0.4, -0.2) is 48.3 Å². The number of carbonyl (C=O) groups is 1. The second-order valence-electron chi connectivity index (χ2n) is 6.17. The van der Waals surface area contributed by atoms with Gasteiger partial charge < -0.3 is 15.0 Å². The third-order valence-electron chi connectivity index (χ3n) is 4.44. The average Bonchev–Trinajstić information content (AvgIpc) is 2.70. The van der Waals surface area contributed by atoms with Gasteiger partial charge in [-0.3, -0.25) is 14.2 Å². The van der Waals surface area contributed by atoms with Crippen molar-refractivity contribution in [3.05, 3.63) is 58.3 Å². The molecule has 1 fully saturated rings. The molecular weight excluding hydrogens is 332 g/mol. The lowest BCUT2D eigenvalue weighted by atomic mass is 10.1. The van der Waals surface area contributed by atoms with Crippen molar-refractivity contribution in [3.63, 3.8) is 0 Å². The largest absolute Gasteiger partial charge is 0.378 e. The van der Waals surface area contributed by atoms with E-state index in [-0.39, 0.29) is 11.5 Å². The van der Waals surface area contributed by atoms with Gasteiger partial charge >= 0.3 is 0 Å². The molecule has 7 heteroatoms. The Hall–Kier alpha value is -2.67. The number of nitrogens with one attached hydrogen (secondary N) is 1. The van der Waals surface area contributed by atoms with Gasteiger partial charge in [0.05, 0.1) is 19.5 Å². The molecule has 1 saturated heterocycles. The van der Waals surface area contributed by atoms with Crippen LogP contribution in [0.3, 0.4) is 0 Å². The summed E-state index contributed by atoms with van der Waals surface area (Å²) in [5.74, 6) is -0.148. The Kier molecular flexibility index (Phi) is 6.01. The summed E-state index contributed by atoms with van der Waals surface area (Å²) in [5, 5.41) is 2.84. The lowest BCUT2D eigenvalue weighted by molar-refractivity contribution is 0.0952. The monoisotopic (exact) mass is 356 g/mol. The topological polar surface area (TPSA) is 76.5 Å². The van der Waals surface area contributed by atoms with E-state index < -0.39 is 0 Å². The van der Waals surface area contributed by atoms with Crippen LogP contribution in [0.4, 0.5) is 5.69 Å². The number of rotatable bonds is 6. The number of anilines is 1. The molecule has 2 heterocycles. The fraction of sp³-hybridized carbons (Fsp3) is 0.421. The van der Waals surface area contributed by atoms with Gasteiger partial charge in [0.25, 0.3) is 11.5 Å². The van der Waals surface area contributed by atoms with E-state index in [9.17, 15) is 9.59 Å². The van der Waals surface area contributed by atoms with Crippen molar-refractivity contribution in [2.24, 2.45) is 0 Å². The highest BCUT2D eigenvalue weighted by Gasteiger charge is 2.12. The van der Waals surface area contributed by atoms with Crippen molar-refractivity contribution in [2.75, 3.05) is 37.7 Å². The SMILES string of the molecule is CCc1cc(=O)n(CCNC(=O)c2ccc(N3CCOCC3)cc2)cn1. The van der Waals surface area contributed by atoms with Crippen molar-refractivity contribution in [2.45, 2.75) is 19.9 Å². The molecule has 1 N–H and O–H groups in total. The van der Waals surface area contributed by atoms with Crippen molar-refractivity contribution < 1.29 is 9.53 Å². The number of aryl methyl sites for hydroxylation is 1. The van der Waals surface area contributed by atoms with Crippen LogP contribution >= 0.6 is 0 Å². The zero-order valence-electron chi connectivity index (χ0n) is 15.0. The minimum Gasteiger partial charge on any atom is -0.378 e. The fourth-order valence-corrected chi connectivity index (χ4v) is 2.86. The van der Waals surface area contributed by atoms with E-state index in [0.717, 1.165) is 44.1 Å². The lowest BCUT2D eigenvalue weighted by Gasteiger charge is -2.28. The summed E-state index contributed by atoms with van der Waals surface area (Å²) in [6.45, 7) is 5.92. The first-order chi connectivity index (χ1) is 12.7. The molecule has 138 valence electrons. The predicted octanol–water partition coefficient (Wildman–Crippen LogP) is 1.07. The predicted molar refractivity (Wildman–Crippen MR) is 99.7 cm³/mol. The number of morpholine rings is 1. The second-order valence-corrected chi connectivity index (χ2v) is 6.17. The third kappa shape index (κ3) is 4.49. The van der Waals surface area contributed by atoms with Gasteiger partial charge in [-0.25, -0.2) is 4.98 Å². The van der Waals surface area contributed by atoms with Gasteiger partial charge in [0.15, 0.2) is 0 Å². The van der Waals surface area contributed by atoms with Crippen molar-refractivity contribution in [1.82, 2.24) is 14.9 Å². The summed E-state index contributed by atoms with van der Waals surface area (Å²) in [6.07, 6.45) is 2.26. The Morgan fingerprint density at radius 1 is 1.23 bits per heavy atom. The van der Waals surface area contributed by atoms with E-state index in [1.807, 2.05) is 31.2 Å². The third-order valence-corrected chi connectivity index (χ3v) is 4.44. The molecule has 3 rings (SSSR count). The van der Waals surface area contributed by atoms with Crippen LogP contribution < -0.4 is 15.8 Å². The van der Waals surface area contributed by atoms with Crippen LogP contribution in [0.15, 0.2) is 41.5 Å². The summed E-state index contributed by atoms with van der Waals surface area (Å²) in [6, 6.07) is 9.09. The van der Waals surface area contributed by atoms with E-state index >= 15 is 0 Å². The Morgan fingerprint density at radius 3 is 2.62 bits per heavy atom. The number of amides is 1. The van der Waals surface area contributed by atoms with E-state index in [0.29, 0.717) is 18.7 Å². The summed E-state index contributed by atoms with van der Waals surface area (Å²) in [4.78, 5) is 30.6. The van der Waals surface area contributed by atoms with Crippen molar-refractivity contribution in [3.8, 4) is 0 Å². The minimum absolute atomic E-state index is 0.0963.